The van der Waals surface area contributed by atoms with E-state index in [0.717, 1.165) is 26.8 Å². The van der Waals surface area contributed by atoms with Crippen LogP contribution in [0, 0.1) is 20.8 Å². The average Bonchev–Trinajstić information content (AvgIpc) is 3.13. The van der Waals surface area contributed by atoms with Gasteiger partial charge in [0.1, 0.15) is 4.88 Å². The Hall–Kier alpha value is -2.19. The molecule has 0 spiro atoms. The first-order valence-electron chi connectivity index (χ1n) is 7.28. The van der Waals surface area contributed by atoms with Gasteiger partial charge >= 0.3 is 0 Å². The van der Waals surface area contributed by atoms with Crippen molar-refractivity contribution in [2.45, 2.75) is 26.0 Å². The maximum absolute atomic E-state index is 12.0. The van der Waals surface area contributed by atoms with Gasteiger partial charge in [0, 0.05) is 5.69 Å². The predicted octanol–water partition coefficient (Wildman–Crippen LogP) is 3.85. The van der Waals surface area contributed by atoms with Gasteiger partial charge < -0.3 is 9.73 Å². The Morgan fingerprint density at radius 3 is 2.62 bits per heavy atom. The summed E-state index contributed by atoms with van der Waals surface area (Å²) < 4.78 is 5.61. The van der Waals surface area contributed by atoms with Crippen LogP contribution >= 0.6 is 23.1 Å². The number of hydrogen-bond donors (Lipinski definition) is 1. The molecule has 6 nitrogen and oxygen atoms in total. The van der Waals surface area contributed by atoms with Gasteiger partial charge in [-0.1, -0.05) is 29.5 Å². The fourth-order valence-corrected chi connectivity index (χ4v) is 3.46. The number of rotatable bonds is 5. The molecule has 24 heavy (non-hydrogen) atoms. The molecule has 0 radical (unpaired) electrons. The molecule has 8 heteroatoms. The third-order valence-electron chi connectivity index (χ3n) is 3.17. The van der Waals surface area contributed by atoms with E-state index in [2.05, 4.69) is 20.5 Å². The van der Waals surface area contributed by atoms with Gasteiger partial charge in [-0.25, -0.2) is 4.98 Å². The van der Waals surface area contributed by atoms with E-state index in [-0.39, 0.29) is 11.7 Å². The Balaban J connectivity index is 1.58. The Morgan fingerprint density at radius 1 is 1.21 bits per heavy atom. The summed E-state index contributed by atoms with van der Waals surface area (Å²) >= 11 is 2.72. The van der Waals surface area contributed by atoms with Crippen LogP contribution in [0.1, 0.15) is 16.3 Å². The molecule has 0 atom stereocenters. The molecular weight excluding hydrogens is 344 g/mol. The topological polar surface area (TPSA) is 80.9 Å². The number of nitrogens with zero attached hydrogens (tertiary/aromatic N) is 3. The fourth-order valence-electron chi connectivity index (χ4n) is 2.05. The van der Waals surface area contributed by atoms with E-state index in [4.69, 9.17) is 4.42 Å². The van der Waals surface area contributed by atoms with Gasteiger partial charge in [0.25, 0.3) is 11.1 Å². The molecular formula is C16H16N4O2S2. The first-order chi connectivity index (χ1) is 11.5. The van der Waals surface area contributed by atoms with Crippen LogP contribution in [0.5, 0.6) is 0 Å². The summed E-state index contributed by atoms with van der Waals surface area (Å²) in [5.41, 5.74) is 2.79. The van der Waals surface area contributed by atoms with E-state index in [1.807, 2.05) is 45.0 Å². The quantitative estimate of drug-likeness (QED) is 0.696. The zero-order valence-electron chi connectivity index (χ0n) is 13.5. The van der Waals surface area contributed by atoms with Crippen molar-refractivity contribution in [1.29, 1.82) is 0 Å². The van der Waals surface area contributed by atoms with Crippen LogP contribution in [0.4, 0.5) is 5.69 Å². The van der Waals surface area contributed by atoms with Gasteiger partial charge in [0.05, 0.1) is 16.5 Å². The lowest BCUT2D eigenvalue weighted by molar-refractivity contribution is -0.113. The Kier molecular flexibility index (Phi) is 4.96. The second-order valence-electron chi connectivity index (χ2n) is 5.22. The summed E-state index contributed by atoms with van der Waals surface area (Å²) in [6.07, 6.45) is 0. The van der Waals surface area contributed by atoms with E-state index in [1.165, 1.54) is 23.1 Å². The number of carbonyl (C=O) groups excluding carboxylic acids is 1. The molecule has 0 fully saturated rings. The van der Waals surface area contributed by atoms with Gasteiger partial charge in [-0.05, 0) is 32.9 Å². The minimum absolute atomic E-state index is 0.117. The molecule has 0 unspecified atom stereocenters. The first-order valence-corrected chi connectivity index (χ1v) is 9.08. The molecule has 1 aromatic carbocycles. The van der Waals surface area contributed by atoms with Crippen LogP contribution in [0.25, 0.3) is 10.8 Å². The Labute approximate surface area is 147 Å². The molecule has 0 saturated heterocycles. The molecule has 0 aliphatic carbocycles. The number of hydrogen-bond acceptors (Lipinski definition) is 7. The molecule has 0 aliphatic rings. The predicted molar refractivity (Wildman–Crippen MR) is 95.4 cm³/mol. The van der Waals surface area contributed by atoms with E-state index in [0.29, 0.717) is 11.1 Å². The zero-order chi connectivity index (χ0) is 17.1. The largest absolute Gasteiger partial charge is 0.410 e. The van der Waals surface area contributed by atoms with Crippen molar-refractivity contribution in [3.05, 3.63) is 40.5 Å². The number of aromatic nitrogens is 3. The molecule has 1 N–H and O–H groups in total. The molecule has 0 aliphatic heterocycles. The average molecular weight is 360 g/mol. The van der Waals surface area contributed by atoms with E-state index < -0.39 is 0 Å². The van der Waals surface area contributed by atoms with E-state index in [1.54, 1.807) is 0 Å². The molecule has 3 rings (SSSR count). The van der Waals surface area contributed by atoms with Crippen molar-refractivity contribution < 1.29 is 9.21 Å². The summed E-state index contributed by atoms with van der Waals surface area (Å²) in [6.45, 7) is 5.84. The molecule has 124 valence electrons. The van der Waals surface area contributed by atoms with E-state index >= 15 is 0 Å². The fraction of sp³-hybridized carbons (Fsp3) is 0.250. The minimum Gasteiger partial charge on any atom is -0.410 e. The highest BCUT2D eigenvalue weighted by atomic mass is 32.2. The normalized spacial score (nSPS) is 10.8. The number of amides is 1. The second kappa shape index (κ2) is 7.14. The third-order valence-corrected chi connectivity index (χ3v) is 5.05. The van der Waals surface area contributed by atoms with Crippen LogP contribution in [0.3, 0.4) is 0 Å². The summed E-state index contributed by atoms with van der Waals surface area (Å²) in [5.74, 6) is 0.531. The number of thioether (sulfide) groups is 1. The highest BCUT2D eigenvalue weighted by Gasteiger charge is 2.16. The summed E-state index contributed by atoms with van der Waals surface area (Å²) in [4.78, 5) is 17.2. The van der Waals surface area contributed by atoms with Gasteiger partial charge in [-0.15, -0.1) is 21.5 Å². The van der Waals surface area contributed by atoms with Crippen molar-refractivity contribution in [1.82, 2.24) is 15.2 Å². The van der Waals surface area contributed by atoms with Crippen molar-refractivity contribution in [2.75, 3.05) is 11.1 Å². The third kappa shape index (κ3) is 4.01. The lowest BCUT2D eigenvalue weighted by Gasteiger charge is -2.03. The lowest BCUT2D eigenvalue weighted by Crippen LogP contribution is -2.13. The van der Waals surface area contributed by atoms with Crippen LogP contribution in [-0.2, 0) is 4.79 Å². The Bertz CT molecular complexity index is 855. The number of carbonyl (C=O) groups is 1. The second-order valence-corrected chi connectivity index (χ2v) is 7.35. The van der Waals surface area contributed by atoms with Gasteiger partial charge in [0.2, 0.25) is 5.91 Å². The molecule has 0 saturated carbocycles. The summed E-state index contributed by atoms with van der Waals surface area (Å²) in [5, 5.41) is 12.2. The van der Waals surface area contributed by atoms with Crippen LogP contribution in [0.2, 0.25) is 0 Å². The smallest absolute Gasteiger partial charge is 0.277 e. The van der Waals surface area contributed by atoms with Crippen molar-refractivity contribution in [3.63, 3.8) is 0 Å². The molecule has 3 aromatic rings. The standard InChI is InChI=1S/C16H16N4O2S2/c1-9-4-6-12(7-5-9)18-13(21)8-23-16-20-19-15(22-16)14-10(2)17-11(3)24-14/h4-7H,8H2,1-3H3,(H,18,21). The van der Waals surface area contributed by atoms with Crippen LogP contribution in [0.15, 0.2) is 33.9 Å². The monoisotopic (exact) mass is 360 g/mol. The molecule has 0 bridgehead atoms. The summed E-state index contributed by atoms with van der Waals surface area (Å²) in [6, 6.07) is 7.65. The van der Waals surface area contributed by atoms with Crippen molar-refractivity contribution >= 4 is 34.7 Å². The minimum atomic E-state index is -0.117. The van der Waals surface area contributed by atoms with Crippen molar-refractivity contribution in [3.8, 4) is 10.8 Å². The molecule has 2 aromatic heterocycles. The highest BCUT2D eigenvalue weighted by molar-refractivity contribution is 7.99. The lowest BCUT2D eigenvalue weighted by atomic mass is 10.2. The van der Waals surface area contributed by atoms with Gasteiger partial charge in [-0.3, -0.25) is 4.79 Å². The highest BCUT2D eigenvalue weighted by Crippen LogP contribution is 2.30. The van der Waals surface area contributed by atoms with Crippen LogP contribution in [-0.4, -0.2) is 26.8 Å². The van der Waals surface area contributed by atoms with Crippen LogP contribution < -0.4 is 5.32 Å². The number of nitrogens with one attached hydrogen (secondary N) is 1. The number of thiazole rings is 1. The number of anilines is 1. The van der Waals surface area contributed by atoms with E-state index in [9.17, 15) is 4.79 Å². The Morgan fingerprint density at radius 2 is 1.96 bits per heavy atom. The zero-order valence-corrected chi connectivity index (χ0v) is 15.1. The number of benzene rings is 1. The number of aryl methyl sites for hydroxylation is 3. The SMILES string of the molecule is Cc1ccc(NC(=O)CSc2nnc(-c3sc(C)nc3C)o2)cc1. The maximum Gasteiger partial charge on any atom is 0.277 e. The van der Waals surface area contributed by atoms with Gasteiger partial charge in [-0.2, -0.15) is 0 Å². The molecule has 1 amide bonds. The summed E-state index contributed by atoms with van der Waals surface area (Å²) in [7, 11) is 0. The molecule has 2 heterocycles. The van der Waals surface area contributed by atoms with Crippen molar-refractivity contribution in [2.24, 2.45) is 0 Å². The first kappa shape index (κ1) is 16.7. The van der Waals surface area contributed by atoms with Gasteiger partial charge in [0.15, 0.2) is 0 Å². The maximum atomic E-state index is 12.0.